The predicted octanol–water partition coefficient (Wildman–Crippen LogP) is 5.08. The normalized spacial score (nSPS) is 18.2. The Morgan fingerprint density at radius 2 is 1.47 bits per heavy atom. The van der Waals surface area contributed by atoms with Crippen molar-refractivity contribution in [2.24, 2.45) is 5.92 Å². The molecule has 1 heterocycles. The van der Waals surface area contributed by atoms with Gasteiger partial charge in [-0.3, -0.25) is 9.36 Å². The lowest BCUT2D eigenvalue weighted by Crippen LogP contribution is -2.55. The molecule has 0 aromatic heterocycles. The summed E-state index contributed by atoms with van der Waals surface area (Å²) in [4.78, 5) is 34.0. The summed E-state index contributed by atoms with van der Waals surface area (Å²) in [6, 6.07) is 29.3. The number of hydrogen-bond acceptors (Lipinski definition) is 4. The summed E-state index contributed by atoms with van der Waals surface area (Å²) in [7, 11) is -4.42. The lowest BCUT2D eigenvalue weighted by atomic mass is 9.77. The van der Waals surface area contributed by atoms with E-state index in [2.05, 4.69) is 0 Å². The Hall–Kier alpha value is -3.74. The van der Waals surface area contributed by atoms with Crippen molar-refractivity contribution in [2.75, 3.05) is 4.90 Å². The molecule has 3 atom stereocenters. The van der Waals surface area contributed by atoms with Crippen LogP contribution in [0.25, 0.3) is 11.1 Å². The molecule has 0 bridgehead atoms. The second-order valence-electron chi connectivity index (χ2n) is 9.47. The number of aromatic hydroxyl groups is 1. The minimum absolute atomic E-state index is 0.0175. The number of anilines is 1. The van der Waals surface area contributed by atoms with Gasteiger partial charge in [0, 0.05) is 11.3 Å². The van der Waals surface area contributed by atoms with Crippen molar-refractivity contribution in [1.82, 2.24) is 0 Å². The lowest BCUT2D eigenvalue weighted by Gasteiger charge is -2.48. The Morgan fingerprint density at radius 3 is 2.13 bits per heavy atom. The van der Waals surface area contributed by atoms with E-state index in [-0.39, 0.29) is 17.0 Å². The van der Waals surface area contributed by atoms with Crippen LogP contribution in [0.4, 0.5) is 5.69 Å². The van der Waals surface area contributed by atoms with Crippen LogP contribution in [-0.4, -0.2) is 25.9 Å². The topological polar surface area (TPSA) is 118 Å². The first-order valence-corrected chi connectivity index (χ1v) is 14.0. The van der Waals surface area contributed by atoms with Gasteiger partial charge in [0.1, 0.15) is 5.75 Å². The number of aliphatic hydroxyl groups excluding tert-OH is 1. The Morgan fingerprint density at radius 1 is 0.816 bits per heavy atom. The van der Waals surface area contributed by atoms with Crippen LogP contribution in [-0.2, 0) is 9.36 Å². The number of carbonyl (C=O) groups is 1. The van der Waals surface area contributed by atoms with Gasteiger partial charge in [0.05, 0.1) is 23.4 Å². The Kier molecular flexibility index (Phi) is 7.19. The van der Waals surface area contributed by atoms with Crippen molar-refractivity contribution in [3.63, 3.8) is 0 Å². The molecule has 1 amide bonds. The second kappa shape index (κ2) is 10.6. The van der Waals surface area contributed by atoms with Crippen LogP contribution in [0.5, 0.6) is 5.75 Å². The molecular weight excluding hydrogens is 501 g/mol. The maximum Gasteiger partial charge on any atom is 0.356 e. The standard InChI is InChI=1S/C30H28NO6P/c32-27(20-8-3-1-4-9-20)17-16-26-29(31(30(26)34)23-11-5-2-6-12-23)25-15-14-22(19-28(25)33)21-10-7-13-24(18-21)38(35,36)37/h1-15,18-19,26-27,29,32-33H,16-17H2,(H2,35,36,37). The van der Waals surface area contributed by atoms with Crippen molar-refractivity contribution in [1.29, 1.82) is 0 Å². The highest BCUT2D eigenvalue weighted by atomic mass is 31.2. The first-order chi connectivity index (χ1) is 18.2. The molecule has 1 saturated heterocycles. The van der Waals surface area contributed by atoms with E-state index in [0.29, 0.717) is 29.5 Å². The number of phenolic OH excluding ortho intramolecular Hbond substituents is 1. The number of amides is 1. The first-order valence-electron chi connectivity index (χ1n) is 12.3. The maximum atomic E-state index is 13.3. The van der Waals surface area contributed by atoms with Gasteiger partial charge in [-0.25, -0.2) is 0 Å². The van der Waals surface area contributed by atoms with Crippen LogP contribution in [0, 0.1) is 5.92 Å². The molecule has 0 spiro atoms. The van der Waals surface area contributed by atoms with Gasteiger partial charge < -0.3 is 24.9 Å². The Balaban J connectivity index is 1.45. The molecule has 38 heavy (non-hydrogen) atoms. The van der Waals surface area contributed by atoms with Crippen molar-refractivity contribution >= 4 is 24.5 Å². The molecule has 4 aromatic carbocycles. The molecule has 1 aliphatic heterocycles. The predicted molar refractivity (Wildman–Crippen MR) is 146 cm³/mol. The van der Waals surface area contributed by atoms with Crippen molar-refractivity contribution in [3.8, 4) is 16.9 Å². The average molecular weight is 530 g/mol. The summed E-state index contributed by atoms with van der Waals surface area (Å²) >= 11 is 0. The molecule has 3 unspecified atom stereocenters. The average Bonchev–Trinajstić information content (AvgIpc) is 2.92. The summed E-state index contributed by atoms with van der Waals surface area (Å²) in [6.07, 6.45) is 0.134. The van der Waals surface area contributed by atoms with E-state index in [0.717, 1.165) is 11.3 Å². The van der Waals surface area contributed by atoms with E-state index >= 15 is 0 Å². The zero-order chi connectivity index (χ0) is 26.9. The molecule has 1 fully saturated rings. The molecule has 0 aliphatic carbocycles. The van der Waals surface area contributed by atoms with Crippen LogP contribution < -0.4 is 10.2 Å². The van der Waals surface area contributed by atoms with Crippen LogP contribution in [0.1, 0.15) is 36.1 Å². The minimum atomic E-state index is -4.42. The van der Waals surface area contributed by atoms with Crippen molar-refractivity contribution in [3.05, 3.63) is 114 Å². The highest BCUT2D eigenvalue weighted by molar-refractivity contribution is 7.60. The lowest BCUT2D eigenvalue weighted by molar-refractivity contribution is -0.131. The Labute approximate surface area is 220 Å². The van der Waals surface area contributed by atoms with Crippen molar-refractivity contribution < 1.29 is 29.4 Å². The van der Waals surface area contributed by atoms with Gasteiger partial charge in [-0.15, -0.1) is 0 Å². The van der Waals surface area contributed by atoms with Crippen LogP contribution in [0.15, 0.2) is 103 Å². The summed E-state index contributed by atoms with van der Waals surface area (Å²) in [5.41, 5.74) is 3.23. The first kappa shape index (κ1) is 25.9. The van der Waals surface area contributed by atoms with Gasteiger partial charge in [-0.1, -0.05) is 72.8 Å². The second-order valence-corrected chi connectivity index (χ2v) is 11.1. The number of nitrogens with zero attached hydrogens (tertiary/aromatic N) is 1. The maximum absolute atomic E-state index is 13.3. The molecule has 194 valence electrons. The van der Waals surface area contributed by atoms with E-state index in [9.17, 15) is 29.4 Å². The molecule has 0 radical (unpaired) electrons. The van der Waals surface area contributed by atoms with E-state index in [1.165, 1.54) is 12.1 Å². The smallest absolute Gasteiger partial charge is 0.356 e. The third kappa shape index (κ3) is 5.15. The molecule has 4 N–H and O–H groups in total. The minimum Gasteiger partial charge on any atom is -0.508 e. The third-order valence-electron chi connectivity index (χ3n) is 7.05. The third-order valence-corrected chi connectivity index (χ3v) is 8.00. The van der Waals surface area contributed by atoms with E-state index in [4.69, 9.17) is 0 Å². The highest BCUT2D eigenvalue weighted by Gasteiger charge is 2.49. The van der Waals surface area contributed by atoms with E-state index in [1.807, 2.05) is 60.7 Å². The van der Waals surface area contributed by atoms with Crippen LogP contribution in [0.3, 0.4) is 0 Å². The zero-order valence-electron chi connectivity index (χ0n) is 20.5. The molecule has 4 aromatic rings. The van der Waals surface area contributed by atoms with E-state index in [1.54, 1.807) is 35.2 Å². The zero-order valence-corrected chi connectivity index (χ0v) is 21.4. The number of rotatable bonds is 8. The van der Waals surface area contributed by atoms with Gasteiger partial charge in [0.2, 0.25) is 5.91 Å². The van der Waals surface area contributed by atoms with E-state index < -0.39 is 25.7 Å². The van der Waals surface area contributed by atoms with Gasteiger partial charge in [-0.2, -0.15) is 0 Å². The van der Waals surface area contributed by atoms with Crippen LogP contribution in [0.2, 0.25) is 0 Å². The number of aliphatic hydroxyl groups is 1. The number of phenols is 1. The number of para-hydroxylation sites is 1. The molecule has 8 heteroatoms. The summed E-state index contributed by atoms with van der Waals surface area (Å²) in [5.74, 6) is -0.515. The van der Waals surface area contributed by atoms with Gasteiger partial charge >= 0.3 is 7.60 Å². The summed E-state index contributed by atoms with van der Waals surface area (Å²) < 4.78 is 11.7. The number of benzene rings is 4. The van der Waals surface area contributed by atoms with Gasteiger partial charge in [0.25, 0.3) is 0 Å². The van der Waals surface area contributed by atoms with Crippen LogP contribution >= 0.6 is 7.60 Å². The number of β-lactam (4-membered cyclic amide) rings is 1. The fourth-order valence-electron chi connectivity index (χ4n) is 5.08. The largest absolute Gasteiger partial charge is 0.508 e. The molecule has 1 aliphatic rings. The summed E-state index contributed by atoms with van der Waals surface area (Å²) in [6.45, 7) is 0. The molecule has 7 nitrogen and oxygen atoms in total. The fourth-order valence-corrected chi connectivity index (χ4v) is 5.67. The molecular formula is C30H28NO6P. The number of carbonyl (C=O) groups excluding carboxylic acids is 1. The molecule has 0 saturated carbocycles. The monoisotopic (exact) mass is 529 g/mol. The van der Waals surface area contributed by atoms with Gasteiger partial charge in [0.15, 0.2) is 0 Å². The number of hydrogen-bond donors (Lipinski definition) is 4. The molecule has 5 rings (SSSR count). The fraction of sp³-hybridized carbons (Fsp3) is 0.167. The van der Waals surface area contributed by atoms with Crippen molar-refractivity contribution in [2.45, 2.75) is 25.0 Å². The quantitative estimate of drug-likeness (QED) is 0.187. The SMILES string of the molecule is O=C1C(CCC(O)c2ccccc2)C(c2ccc(-c3cccc(P(=O)(O)O)c3)cc2O)N1c1ccccc1. The Bertz CT molecular complexity index is 1490. The summed E-state index contributed by atoms with van der Waals surface area (Å²) in [5, 5.41) is 21.7. The van der Waals surface area contributed by atoms with Gasteiger partial charge in [-0.05, 0) is 59.9 Å². The highest BCUT2D eigenvalue weighted by Crippen LogP contribution is 2.49.